The second kappa shape index (κ2) is 6.08. The number of anilines is 2. The average molecular weight is 368 g/mol. The maximum atomic E-state index is 12.3. The first kappa shape index (κ1) is 16.3. The van der Waals surface area contributed by atoms with Crippen molar-refractivity contribution in [2.45, 2.75) is 50.9 Å². The van der Waals surface area contributed by atoms with Gasteiger partial charge in [0.15, 0.2) is 5.13 Å². The Labute approximate surface area is 158 Å². The predicted octanol–water partition coefficient (Wildman–Crippen LogP) is 5.56. The van der Waals surface area contributed by atoms with Crippen molar-refractivity contribution in [1.29, 1.82) is 0 Å². The second-order valence-electron chi connectivity index (χ2n) is 8.68. The zero-order valence-corrected chi connectivity index (χ0v) is 15.9. The molecule has 0 saturated heterocycles. The molecule has 4 aliphatic rings. The molecule has 1 aromatic carbocycles. The standard InChI is InChI=1S/C21H25N3OS/c1-13-2-4-17(5-3-13)22-19(25)24-20-23-18(12-26-20)21-9-14-6-15(10-21)8-16(7-14)11-21/h2-5,12,14-16H,6-11H2,1H3,(H2,22,23,24,25). The van der Waals surface area contributed by atoms with Gasteiger partial charge in [0, 0.05) is 16.5 Å². The van der Waals surface area contributed by atoms with Gasteiger partial charge in [-0.25, -0.2) is 9.78 Å². The molecule has 4 nitrogen and oxygen atoms in total. The highest BCUT2D eigenvalue weighted by atomic mass is 32.1. The molecule has 1 aromatic heterocycles. The van der Waals surface area contributed by atoms with E-state index >= 15 is 0 Å². The van der Waals surface area contributed by atoms with Crippen LogP contribution < -0.4 is 10.6 Å². The number of carbonyl (C=O) groups excluding carboxylic acids is 1. The molecule has 136 valence electrons. The van der Waals surface area contributed by atoms with Crippen LogP contribution in [0.25, 0.3) is 0 Å². The quantitative estimate of drug-likeness (QED) is 0.746. The Kier molecular flexibility index (Phi) is 3.82. The molecule has 6 rings (SSSR count). The molecule has 0 unspecified atom stereocenters. The molecule has 0 aliphatic heterocycles. The van der Waals surface area contributed by atoms with Crippen molar-refractivity contribution >= 4 is 28.2 Å². The summed E-state index contributed by atoms with van der Waals surface area (Å²) in [7, 11) is 0. The van der Waals surface area contributed by atoms with Gasteiger partial charge in [-0.2, -0.15) is 0 Å². The summed E-state index contributed by atoms with van der Waals surface area (Å²) in [5, 5.41) is 8.69. The number of amides is 2. The summed E-state index contributed by atoms with van der Waals surface area (Å²) in [6, 6.07) is 7.59. The summed E-state index contributed by atoms with van der Waals surface area (Å²) in [6.07, 6.45) is 8.22. The molecular weight excluding hydrogens is 342 g/mol. The first-order chi connectivity index (χ1) is 12.6. The third-order valence-electron chi connectivity index (χ3n) is 6.62. The molecule has 4 aliphatic carbocycles. The fraction of sp³-hybridized carbons (Fsp3) is 0.524. The fourth-order valence-electron chi connectivity index (χ4n) is 5.90. The molecule has 2 amide bonds. The molecule has 0 atom stereocenters. The van der Waals surface area contributed by atoms with E-state index in [2.05, 4.69) is 16.0 Å². The number of hydrogen-bond acceptors (Lipinski definition) is 3. The van der Waals surface area contributed by atoms with Crippen LogP contribution in [0.4, 0.5) is 15.6 Å². The summed E-state index contributed by atoms with van der Waals surface area (Å²) < 4.78 is 0. The zero-order valence-electron chi connectivity index (χ0n) is 15.1. The van der Waals surface area contributed by atoms with Crippen molar-refractivity contribution in [2.75, 3.05) is 10.6 Å². The monoisotopic (exact) mass is 367 g/mol. The lowest BCUT2D eigenvalue weighted by Crippen LogP contribution is -2.48. The van der Waals surface area contributed by atoms with Gasteiger partial charge in [0.05, 0.1) is 5.69 Å². The zero-order chi connectivity index (χ0) is 17.7. The minimum Gasteiger partial charge on any atom is -0.308 e. The van der Waals surface area contributed by atoms with Crippen LogP contribution in [-0.2, 0) is 5.41 Å². The van der Waals surface area contributed by atoms with Crippen LogP contribution in [0, 0.1) is 24.7 Å². The molecular formula is C21H25N3OS. The number of nitrogens with zero attached hydrogens (tertiary/aromatic N) is 1. The maximum Gasteiger partial charge on any atom is 0.325 e. The fourth-order valence-corrected chi connectivity index (χ4v) is 6.72. The first-order valence-corrected chi connectivity index (χ1v) is 10.6. The van der Waals surface area contributed by atoms with Crippen LogP contribution in [0.5, 0.6) is 0 Å². The van der Waals surface area contributed by atoms with Gasteiger partial charge in [0.1, 0.15) is 0 Å². The summed E-state index contributed by atoms with van der Waals surface area (Å²) in [4.78, 5) is 17.1. The summed E-state index contributed by atoms with van der Waals surface area (Å²) in [6.45, 7) is 2.03. The smallest absolute Gasteiger partial charge is 0.308 e. The number of aromatic nitrogens is 1. The van der Waals surface area contributed by atoms with E-state index in [0.717, 1.165) is 23.4 Å². The van der Waals surface area contributed by atoms with E-state index in [9.17, 15) is 4.79 Å². The summed E-state index contributed by atoms with van der Waals surface area (Å²) >= 11 is 1.56. The van der Waals surface area contributed by atoms with Crippen molar-refractivity contribution in [3.8, 4) is 0 Å². The Morgan fingerprint density at radius 2 is 1.65 bits per heavy atom. The van der Waals surface area contributed by atoms with Crippen molar-refractivity contribution in [3.63, 3.8) is 0 Å². The van der Waals surface area contributed by atoms with Crippen molar-refractivity contribution in [1.82, 2.24) is 4.98 Å². The molecule has 5 heteroatoms. The highest BCUT2D eigenvalue weighted by Gasteiger charge is 2.52. The van der Waals surface area contributed by atoms with Gasteiger partial charge < -0.3 is 5.32 Å². The molecule has 0 radical (unpaired) electrons. The van der Waals surface area contributed by atoms with Gasteiger partial charge in [-0.15, -0.1) is 11.3 Å². The number of benzene rings is 1. The van der Waals surface area contributed by atoms with Crippen molar-refractivity contribution < 1.29 is 4.79 Å². The van der Waals surface area contributed by atoms with Crippen molar-refractivity contribution in [3.05, 3.63) is 40.9 Å². The molecule has 26 heavy (non-hydrogen) atoms. The normalized spacial score (nSPS) is 31.8. The molecule has 2 N–H and O–H groups in total. The van der Waals surface area contributed by atoms with Gasteiger partial charge in [-0.1, -0.05) is 17.7 Å². The van der Waals surface area contributed by atoms with E-state index < -0.39 is 0 Å². The lowest BCUT2D eigenvalue weighted by atomic mass is 9.49. The van der Waals surface area contributed by atoms with Gasteiger partial charge >= 0.3 is 6.03 Å². The Morgan fingerprint density at radius 1 is 1.04 bits per heavy atom. The molecule has 4 saturated carbocycles. The van der Waals surface area contributed by atoms with Crippen LogP contribution >= 0.6 is 11.3 Å². The van der Waals surface area contributed by atoms with Crippen LogP contribution in [0.3, 0.4) is 0 Å². The SMILES string of the molecule is Cc1ccc(NC(=O)Nc2nc(C34CC5CC(CC(C5)C3)C4)cs2)cc1. The molecule has 4 bridgehead atoms. The molecule has 0 spiro atoms. The largest absolute Gasteiger partial charge is 0.325 e. The van der Waals surface area contributed by atoms with Crippen LogP contribution in [0.2, 0.25) is 0 Å². The lowest BCUT2D eigenvalue weighted by molar-refractivity contribution is -0.00688. The summed E-state index contributed by atoms with van der Waals surface area (Å²) in [5.41, 5.74) is 3.49. The third-order valence-corrected chi connectivity index (χ3v) is 7.37. The number of carbonyl (C=O) groups is 1. The van der Waals surface area contributed by atoms with E-state index in [1.807, 2.05) is 31.2 Å². The molecule has 4 fully saturated rings. The number of nitrogens with one attached hydrogen (secondary N) is 2. The van der Waals surface area contributed by atoms with Crippen LogP contribution in [0.1, 0.15) is 49.8 Å². The number of hydrogen-bond donors (Lipinski definition) is 2. The number of urea groups is 1. The Balaban J connectivity index is 1.28. The first-order valence-electron chi connectivity index (χ1n) is 9.69. The van der Waals surface area contributed by atoms with Gasteiger partial charge in [0.25, 0.3) is 0 Å². The topological polar surface area (TPSA) is 54.0 Å². The molecule has 2 aromatic rings. The molecule has 1 heterocycles. The Morgan fingerprint density at radius 3 is 2.27 bits per heavy atom. The van der Waals surface area contributed by atoms with E-state index in [4.69, 9.17) is 4.98 Å². The Hall–Kier alpha value is -1.88. The lowest BCUT2D eigenvalue weighted by Gasteiger charge is -2.56. The summed E-state index contributed by atoms with van der Waals surface area (Å²) in [5.74, 6) is 2.72. The van der Waals surface area contributed by atoms with E-state index in [0.29, 0.717) is 10.5 Å². The minimum atomic E-state index is -0.222. The second-order valence-corrected chi connectivity index (χ2v) is 9.54. The highest BCUT2D eigenvalue weighted by molar-refractivity contribution is 7.14. The van der Waals surface area contributed by atoms with E-state index in [1.165, 1.54) is 49.8 Å². The predicted molar refractivity (Wildman–Crippen MR) is 106 cm³/mol. The number of thiazole rings is 1. The number of rotatable bonds is 3. The van der Waals surface area contributed by atoms with E-state index in [1.54, 1.807) is 11.3 Å². The van der Waals surface area contributed by atoms with Gasteiger partial charge in [-0.3, -0.25) is 5.32 Å². The van der Waals surface area contributed by atoms with Gasteiger partial charge in [-0.05, 0) is 75.3 Å². The van der Waals surface area contributed by atoms with Crippen LogP contribution in [0.15, 0.2) is 29.6 Å². The average Bonchev–Trinajstić information content (AvgIpc) is 3.05. The van der Waals surface area contributed by atoms with Gasteiger partial charge in [0.2, 0.25) is 0 Å². The van der Waals surface area contributed by atoms with Crippen molar-refractivity contribution in [2.24, 2.45) is 17.8 Å². The van der Waals surface area contributed by atoms with E-state index in [-0.39, 0.29) is 6.03 Å². The van der Waals surface area contributed by atoms with Crippen LogP contribution in [-0.4, -0.2) is 11.0 Å². The minimum absolute atomic E-state index is 0.222. The Bertz CT molecular complexity index is 791. The third kappa shape index (κ3) is 2.92. The highest BCUT2D eigenvalue weighted by Crippen LogP contribution is 2.60. The number of aryl methyl sites for hydroxylation is 1. The maximum absolute atomic E-state index is 12.3.